The van der Waals surface area contributed by atoms with Crippen LogP contribution in [0.1, 0.15) is 35.0 Å². The van der Waals surface area contributed by atoms with Crippen molar-refractivity contribution in [3.05, 3.63) is 59.2 Å². The number of rotatable bonds is 5. The summed E-state index contributed by atoms with van der Waals surface area (Å²) >= 11 is 0. The summed E-state index contributed by atoms with van der Waals surface area (Å²) in [5, 5.41) is 3.26. The molecule has 3 rings (SSSR count). The number of aryl methyl sites for hydroxylation is 2. The van der Waals surface area contributed by atoms with Crippen LogP contribution in [0.5, 0.6) is 0 Å². The van der Waals surface area contributed by atoms with Crippen LogP contribution in [0.15, 0.2) is 36.7 Å². The first-order valence-electron chi connectivity index (χ1n) is 8.31. The lowest BCUT2D eigenvalue weighted by Gasteiger charge is -2.23. The Morgan fingerprint density at radius 3 is 2.72 bits per heavy atom. The predicted molar refractivity (Wildman–Crippen MR) is 87.1 cm³/mol. The number of aromatic nitrogens is 2. The van der Waals surface area contributed by atoms with Gasteiger partial charge in [0.05, 0.1) is 17.9 Å². The molecule has 1 atom stereocenters. The summed E-state index contributed by atoms with van der Waals surface area (Å²) in [6.45, 7) is 2.30. The van der Waals surface area contributed by atoms with Crippen LogP contribution in [0.2, 0.25) is 0 Å². The van der Waals surface area contributed by atoms with Crippen LogP contribution < -0.4 is 5.32 Å². The highest BCUT2D eigenvalue weighted by molar-refractivity contribution is 5.20. The molecule has 3 heterocycles. The van der Waals surface area contributed by atoms with Crippen molar-refractivity contribution in [1.29, 1.82) is 0 Å². The maximum Gasteiger partial charge on any atom is 0.416 e. The first-order chi connectivity index (χ1) is 12.0. The molecule has 4 nitrogen and oxygen atoms in total. The number of nitrogens with zero attached hydrogens (tertiary/aromatic N) is 2. The number of halogens is 3. The Morgan fingerprint density at radius 2 is 2.04 bits per heavy atom. The molecule has 0 amide bonds. The normalized spacial score (nSPS) is 18.3. The van der Waals surface area contributed by atoms with Gasteiger partial charge in [0.2, 0.25) is 0 Å². The average Bonchev–Trinajstić information content (AvgIpc) is 2.63. The van der Waals surface area contributed by atoms with E-state index in [1.807, 2.05) is 18.3 Å². The summed E-state index contributed by atoms with van der Waals surface area (Å²) in [5.74, 6) is 0. The van der Waals surface area contributed by atoms with Gasteiger partial charge >= 0.3 is 6.18 Å². The number of ether oxygens (including phenoxy) is 1. The van der Waals surface area contributed by atoms with Crippen molar-refractivity contribution in [3.63, 3.8) is 0 Å². The van der Waals surface area contributed by atoms with E-state index in [1.54, 1.807) is 0 Å². The largest absolute Gasteiger partial charge is 0.416 e. The molecular formula is C18H20F3N3O. The van der Waals surface area contributed by atoms with E-state index in [2.05, 4.69) is 15.3 Å². The van der Waals surface area contributed by atoms with E-state index in [4.69, 9.17) is 4.74 Å². The lowest BCUT2D eigenvalue weighted by atomic mass is 10.1. The van der Waals surface area contributed by atoms with Crippen LogP contribution in [0.3, 0.4) is 0 Å². The molecular weight excluding hydrogens is 331 g/mol. The van der Waals surface area contributed by atoms with Crippen molar-refractivity contribution in [3.8, 4) is 0 Å². The summed E-state index contributed by atoms with van der Waals surface area (Å²) in [4.78, 5) is 8.47. The van der Waals surface area contributed by atoms with E-state index in [-0.39, 0.29) is 6.10 Å². The van der Waals surface area contributed by atoms with E-state index in [9.17, 15) is 13.2 Å². The van der Waals surface area contributed by atoms with Gasteiger partial charge in [-0.15, -0.1) is 0 Å². The lowest BCUT2D eigenvalue weighted by molar-refractivity contribution is -0.137. The summed E-state index contributed by atoms with van der Waals surface area (Å²) in [6.07, 6.45) is 0.650. The Labute approximate surface area is 144 Å². The van der Waals surface area contributed by atoms with Gasteiger partial charge in [-0.1, -0.05) is 6.07 Å². The number of pyridine rings is 2. The molecule has 1 aliphatic heterocycles. The van der Waals surface area contributed by atoms with Gasteiger partial charge in [0.1, 0.15) is 6.10 Å². The van der Waals surface area contributed by atoms with Gasteiger partial charge in [-0.25, -0.2) is 0 Å². The highest BCUT2D eigenvalue weighted by atomic mass is 19.4. The molecule has 1 aliphatic rings. The monoisotopic (exact) mass is 351 g/mol. The fraction of sp³-hybridized carbons (Fsp3) is 0.444. The third-order valence-corrected chi connectivity index (χ3v) is 4.15. The summed E-state index contributed by atoms with van der Waals surface area (Å²) in [5.41, 5.74) is 1.76. The van der Waals surface area contributed by atoms with Gasteiger partial charge in [-0.2, -0.15) is 13.2 Å². The Kier molecular flexibility index (Phi) is 5.65. The van der Waals surface area contributed by atoms with Crippen molar-refractivity contribution in [2.24, 2.45) is 0 Å². The second kappa shape index (κ2) is 7.93. The quantitative estimate of drug-likeness (QED) is 0.898. The van der Waals surface area contributed by atoms with Gasteiger partial charge in [0.25, 0.3) is 0 Å². The van der Waals surface area contributed by atoms with E-state index in [1.165, 1.54) is 6.20 Å². The van der Waals surface area contributed by atoms with Crippen LogP contribution in [0, 0.1) is 0 Å². The van der Waals surface area contributed by atoms with Crippen LogP contribution in [0.4, 0.5) is 13.2 Å². The molecule has 7 heteroatoms. The molecule has 2 aromatic heterocycles. The molecule has 0 radical (unpaired) electrons. The number of morpholine rings is 1. The molecule has 0 aliphatic carbocycles. The molecule has 0 bridgehead atoms. The van der Waals surface area contributed by atoms with Crippen LogP contribution in [0.25, 0.3) is 0 Å². The second-order valence-electron chi connectivity index (χ2n) is 6.04. The number of hydrogen-bond donors (Lipinski definition) is 1. The predicted octanol–water partition coefficient (Wildman–Crippen LogP) is 3.33. The first kappa shape index (κ1) is 17.8. The van der Waals surface area contributed by atoms with E-state index in [0.29, 0.717) is 18.7 Å². The number of hydrogen-bond acceptors (Lipinski definition) is 4. The summed E-state index contributed by atoms with van der Waals surface area (Å²) in [6, 6.07) is 6.07. The maximum atomic E-state index is 12.7. The zero-order valence-electron chi connectivity index (χ0n) is 13.7. The Hall–Kier alpha value is -1.99. The zero-order valence-corrected chi connectivity index (χ0v) is 13.7. The number of nitrogens with one attached hydrogen (secondary N) is 1. The van der Waals surface area contributed by atoms with Gasteiger partial charge in [-0.3, -0.25) is 9.97 Å². The van der Waals surface area contributed by atoms with Crippen LogP contribution >= 0.6 is 0 Å². The Morgan fingerprint density at radius 1 is 1.16 bits per heavy atom. The summed E-state index contributed by atoms with van der Waals surface area (Å²) in [7, 11) is 0. The third kappa shape index (κ3) is 4.99. The highest BCUT2D eigenvalue weighted by Gasteiger charge is 2.30. The average molecular weight is 351 g/mol. The second-order valence-corrected chi connectivity index (χ2v) is 6.04. The highest BCUT2D eigenvalue weighted by Crippen LogP contribution is 2.29. The Balaban J connectivity index is 1.52. The van der Waals surface area contributed by atoms with E-state index in [0.717, 1.165) is 49.3 Å². The topological polar surface area (TPSA) is 47.0 Å². The molecule has 0 aromatic carbocycles. The molecule has 1 unspecified atom stereocenters. The minimum absolute atomic E-state index is 0.0166. The molecule has 1 saturated heterocycles. The molecule has 0 spiro atoms. The smallest absolute Gasteiger partial charge is 0.369 e. The van der Waals surface area contributed by atoms with Gasteiger partial charge in [0.15, 0.2) is 0 Å². The minimum Gasteiger partial charge on any atom is -0.369 e. The SMILES string of the molecule is FC(F)(F)c1ccnc(CCCc2ccc(C3CNCCO3)nc2)c1. The summed E-state index contributed by atoms with van der Waals surface area (Å²) < 4.78 is 43.7. The lowest BCUT2D eigenvalue weighted by Crippen LogP contribution is -2.33. The maximum absolute atomic E-state index is 12.7. The van der Waals surface area contributed by atoms with Crippen molar-refractivity contribution in [1.82, 2.24) is 15.3 Å². The van der Waals surface area contributed by atoms with E-state index < -0.39 is 11.7 Å². The Bertz CT molecular complexity index is 683. The van der Waals surface area contributed by atoms with E-state index >= 15 is 0 Å². The van der Waals surface area contributed by atoms with Crippen LogP contribution in [-0.4, -0.2) is 29.7 Å². The third-order valence-electron chi connectivity index (χ3n) is 4.15. The molecule has 134 valence electrons. The van der Waals surface area contributed by atoms with Gasteiger partial charge in [0, 0.05) is 31.2 Å². The molecule has 1 fully saturated rings. The van der Waals surface area contributed by atoms with Gasteiger partial charge < -0.3 is 10.1 Å². The zero-order chi connectivity index (χ0) is 17.7. The molecule has 0 saturated carbocycles. The van der Waals surface area contributed by atoms with Crippen LogP contribution in [-0.2, 0) is 23.8 Å². The molecule has 25 heavy (non-hydrogen) atoms. The number of alkyl halides is 3. The minimum atomic E-state index is -4.33. The molecule has 2 aromatic rings. The molecule has 1 N–H and O–H groups in total. The van der Waals surface area contributed by atoms with Crippen molar-refractivity contribution < 1.29 is 17.9 Å². The van der Waals surface area contributed by atoms with Crippen molar-refractivity contribution in [2.75, 3.05) is 19.7 Å². The fourth-order valence-corrected chi connectivity index (χ4v) is 2.79. The first-order valence-corrected chi connectivity index (χ1v) is 8.31. The van der Waals surface area contributed by atoms with Crippen molar-refractivity contribution >= 4 is 0 Å². The fourth-order valence-electron chi connectivity index (χ4n) is 2.79. The van der Waals surface area contributed by atoms with Crippen molar-refractivity contribution in [2.45, 2.75) is 31.5 Å². The van der Waals surface area contributed by atoms with Gasteiger partial charge in [-0.05, 0) is 43.0 Å². The standard InChI is InChI=1S/C18H20F3N3O/c19-18(20,21)14-6-7-23-15(10-14)3-1-2-13-4-5-16(24-11-13)17-12-22-8-9-25-17/h4-7,10-11,17,22H,1-3,8-9,12H2.